The molecule has 7 heteroatoms. The first-order chi connectivity index (χ1) is 9.66. The first-order valence-electron chi connectivity index (χ1n) is 6.67. The number of esters is 1. The molecular formula is C14H21N3O4. The summed E-state index contributed by atoms with van der Waals surface area (Å²) in [4.78, 5) is 32.6. The van der Waals surface area contributed by atoms with E-state index in [1.807, 2.05) is 20.8 Å². The van der Waals surface area contributed by atoms with Crippen LogP contribution < -0.4 is 4.90 Å². The highest BCUT2D eigenvalue weighted by atomic mass is 16.5. The predicted molar refractivity (Wildman–Crippen MR) is 77.5 cm³/mol. The molecule has 0 fully saturated rings. The molecule has 1 aromatic rings. The van der Waals surface area contributed by atoms with Crippen molar-refractivity contribution in [3.05, 3.63) is 17.5 Å². The highest BCUT2D eigenvalue weighted by Gasteiger charge is 2.27. The summed E-state index contributed by atoms with van der Waals surface area (Å²) in [5.41, 5.74) is 0.277. The monoisotopic (exact) mass is 295 g/mol. The largest absolute Gasteiger partial charge is 0.480 e. The molecule has 1 N–H and O–H groups in total. The van der Waals surface area contributed by atoms with E-state index >= 15 is 0 Å². The van der Waals surface area contributed by atoms with Crippen LogP contribution in [0, 0.1) is 6.92 Å². The maximum absolute atomic E-state index is 11.7. The maximum atomic E-state index is 11.7. The Morgan fingerprint density at radius 3 is 2.43 bits per heavy atom. The number of carboxylic acids is 1. The van der Waals surface area contributed by atoms with Gasteiger partial charge in [0.05, 0.1) is 17.9 Å². The molecule has 0 aliphatic rings. The zero-order valence-corrected chi connectivity index (χ0v) is 13.0. The fraction of sp³-hybridized carbons (Fsp3) is 0.571. The van der Waals surface area contributed by atoms with Gasteiger partial charge in [0.25, 0.3) is 0 Å². The summed E-state index contributed by atoms with van der Waals surface area (Å²) in [5, 5.41) is 9.02. The van der Waals surface area contributed by atoms with Crippen molar-refractivity contribution in [3.8, 4) is 0 Å². The molecule has 0 aliphatic heterocycles. The van der Waals surface area contributed by atoms with Gasteiger partial charge in [-0.15, -0.1) is 0 Å². The minimum atomic E-state index is -0.972. The number of ether oxygens (including phenoxy) is 1. The number of hydrogen-bond acceptors (Lipinski definition) is 6. The molecule has 0 saturated carbocycles. The molecule has 0 atom stereocenters. The molecule has 0 aromatic carbocycles. The minimum absolute atomic E-state index is 0.221. The number of carboxylic acid groups (broad SMARTS) is 1. The van der Waals surface area contributed by atoms with Crippen LogP contribution >= 0.6 is 0 Å². The van der Waals surface area contributed by atoms with E-state index in [9.17, 15) is 9.59 Å². The number of carbonyl (C=O) groups excluding carboxylic acids is 1. The van der Waals surface area contributed by atoms with Gasteiger partial charge < -0.3 is 14.7 Å². The van der Waals surface area contributed by atoms with Crippen molar-refractivity contribution >= 4 is 17.9 Å². The highest BCUT2D eigenvalue weighted by Crippen LogP contribution is 2.21. The standard InChI is InChI=1S/C14H21N3O4/c1-6-21-12(20)10-7-15-13(16-9(10)2)17(8-11(18)19)14(3,4)5/h7H,6,8H2,1-5H3,(H,18,19). The van der Waals surface area contributed by atoms with Gasteiger partial charge in [-0.05, 0) is 34.6 Å². The van der Waals surface area contributed by atoms with Gasteiger partial charge in [0, 0.05) is 11.7 Å². The molecule has 116 valence electrons. The van der Waals surface area contributed by atoms with Gasteiger partial charge in [-0.25, -0.2) is 14.8 Å². The minimum Gasteiger partial charge on any atom is -0.480 e. The Hall–Kier alpha value is -2.18. The fourth-order valence-electron chi connectivity index (χ4n) is 1.74. The zero-order chi connectivity index (χ0) is 16.2. The maximum Gasteiger partial charge on any atom is 0.341 e. The van der Waals surface area contributed by atoms with E-state index in [1.165, 1.54) is 6.20 Å². The number of carbonyl (C=O) groups is 2. The van der Waals surface area contributed by atoms with E-state index in [-0.39, 0.29) is 24.7 Å². The Labute approximate surface area is 124 Å². The quantitative estimate of drug-likeness (QED) is 0.825. The van der Waals surface area contributed by atoms with Crippen molar-refractivity contribution in [1.29, 1.82) is 0 Å². The second-order valence-corrected chi connectivity index (χ2v) is 5.54. The summed E-state index contributed by atoms with van der Waals surface area (Å²) < 4.78 is 4.91. The third-order valence-electron chi connectivity index (χ3n) is 2.81. The molecule has 0 aliphatic carbocycles. The number of aryl methyl sites for hydroxylation is 1. The molecule has 0 unspecified atom stereocenters. The van der Waals surface area contributed by atoms with Gasteiger partial charge in [0.2, 0.25) is 5.95 Å². The van der Waals surface area contributed by atoms with Crippen LogP contribution in [-0.4, -0.2) is 45.7 Å². The smallest absolute Gasteiger partial charge is 0.341 e. The Morgan fingerprint density at radius 1 is 1.38 bits per heavy atom. The van der Waals surface area contributed by atoms with Crippen molar-refractivity contribution in [2.75, 3.05) is 18.1 Å². The van der Waals surface area contributed by atoms with Crippen LogP contribution in [0.5, 0.6) is 0 Å². The van der Waals surface area contributed by atoms with Gasteiger partial charge in [-0.2, -0.15) is 0 Å². The van der Waals surface area contributed by atoms with Crippen LogP contribution in [0.2, 0.25) is 0 Å². The second-order valence-electron chi connectivity index (χ2n) is 5.54. The molecule has 1 heterocycles. The van der Waals surface area contributed by atoms with Gasteiger partial charge >= 0.3 is 11.9 Å². The fourth-order valence-corrected chi connectivity index (χ4v) is 1.74. The van der Waals surface area contributed by atoms with E-state index < -0.39 is 17.5 Å². The number of aliphatic carboxylic acids is 1. The van der Waals surface area contributed by atoms with Crippen molar-refractivity contribution in [2.24, 2.45) is 0 Å². The number of nitrogens with zero attached hydrogens (tertiary/aromatic N) is 3. The summed E-state index contributed by atoms with van der Waals surface area (Å²) in [6, 6.07) is 0. The lowest BCUT2D eigenvalue weighted by molar-refractivity contribution is -0.135. The highest BCUT2D eigenvalue weighted by molar-refractivity contribution is 5.90. The van der Waals surface area contributed by atoms with E-state index in [0.29, 0.717) is 5.69 Å². The van der Waals surface area contributed by atoms with Crippen LogP contribution in [0.3, 0.4) is 0 Å². The lowest BCUT2D eigenvalue weighted by atomic mass is 10.1. The number of rotatable bonds is 5. The summed E-state index contributed by atoms with van der Waals surface area (Å²) in [5.74, 6) is -1.18. The van der Waals surface area contributed by atoms with Crippen LogP contribution in [0.15, 0.2) is 6.20 Å². The van der Waals surface area contributed by atoms with Crippen LogP contribution in [0.1, 0.15) is 43.7 Å². The van der Waals surface area contributed by atoms with E-state index in [1.54, 1.807) is 18.7 Å². The normalized spacial score (nSPS) is 11.1. The molecule has 7 nitrogen and oxygen atoms in total. The Morgan fingerprint density at radius 2 is 2.00 bits per heavy atom. The third-order valence-corrected chi connectivity index (χ3v) is 2.81. The molecule has 1 rings (SSSR count). The van der Waals surface area contributed by atoms with Crippen LogP contribution in [0.4, 0.5) is 5.95 Å². The average molecular weight is 295 g/mol. The first-order valence-corrected chi connectivity index (χ1v) is 6.67. The van der Waals surface area contributed by atoms with Gasteiger partial charge in [-0.1, -0.05) is 0 Å². The van der Waals surface area contributed by atoms with Crippen molar-refractivity contribution in [2.45, 2.75) is 40.2 Å². The Bertz CT molecular complexity index is 538. The summed E-state index contributed by atoms with van der Waals surface area (Å²) in [6.45, 7) is 9.04. The Balaban J connectivity index is 3.15. The van der Waals surface area contributed by atoms with E-state index in [0.717, 1.165) is 0 Å². The van der Waals surface area contributed by atoms with Gasteiger partial charge in [-0.3, -0.25) is 4.79 Å². The van der Waals surface area contributed by atoms with Crippen LogP contribution in [-0.2, 0) is 9.53 Å². The van der Waals surface area contributed by atoms with Gasteiger partial charge in [0.1, 0.15) is 6.54 Å². The topological polar surface area (TPSA) is 92.6 Å². The van der Waals surface area contributed by atoms with Crippen LogP contribution in [0.25, 0.3) is 0 Å². The first kappa shape index (κ1) is 16.9. The van der Waals surface area contributed by atoms with E-state index in [2.05, 4.69) is 9.97 Å². The number of aromatic nitrogens is 2. The van der Waals surface area contributed by atoms with E-state index in [4.69, 9.17) is 9.84 Å². The molecule has 0 spiro atoms. The summed E-state index contributed by atoms with van der Waals surface area (Å²) >= 11 is 0. The van der Waals surface area contributed by atoms with Crippen molar-refractivity contribution in [1.82, 2.24) is 9.97 Å². The molecule has 0 bridgehead atoms. The molecule has 0 saturated heterocycles. The predicted octanol–water partition coefficient (Wildman–Crippen LogP) is 1.65. The molecule has 1 aromatic heterocycles. The number of hydrogen-bond donors (Lipinski definition) is 1. The SMILES string of the molecule is CCOC(=O)c1cnc(N(CC(=O)O)C(C)(C)C)nc1C. The molecule has 0 radical (unpaired) electrons. The number of anilines is 1. The van der Waals surface area contributed by atoms with Crippen molar-refractivity contribution < 1.29 is 19.4 Å². The molecule has 0 amide bonds. The lowest BCUT2D eigenvalue weighted by Crippen LogP contribution is -2.45. The third kappa shape index (κ3) is 4.40. The summed E-state index contributed by atoms with van der Waals surface area (Å²) in [7, 11) is 0. The molecule has 21 heavy (non-hydrogen) atoms. The van der Waals surface area contributed by atoms with Crippen molar-refractivity contribution in [3.63, 3.8) is 0 Å². The molecular weight excluding hydrogens is 274 g/mol. The lowest BCUT2D eigenvalue weighted by Gasteiger charge is -2.34. The second kappa shape index (κ2) is 6.51. The van der Waals surface area contributed by atoms with Gasteiger partial charge in [0.15, 0.2) is 0 Å². The average Bonchev–Trinajstić information content (AvgIpc) is 2.34. The Kier molecular flexibility index (Phi) is 5.23. The zero-order valence-electron chi connectivity index (χ0n) is 13.0. The summed E-state index contributed by atoms with van der Waals surface area (Å²) in [6.07, 6.45) is 1.37.